The fourth-order valence-corrected chi connectivity index (χ4v) is 2.65. The molecule has 0 fully saturated rings. The number of hydrogen-bond donors (Lipinski definition) is 1. The summed E-state index contributed by atoms with van der Waals surface area (Å²) in [7, 11) is 0. The van der Waals surface area contributed by atoms with E-state index < -0.39 is 11.5 Å². The maximum Gasteiger partial charge on any atom is 0.314 e. The van der Waals surface area contributed by atoms with E-state index in [-0.39, 0.29) is 5.97 Å². The SMILES string of the molecule is CCOC(=O)[C@@](C)(Cc1ccccc1)[C@@H](N)c1ccccc1. The highest BCUT2D eigenvalue weighted by Gasteiger charge is 2.41. The number of benzene rings is 2. The Hall–Kier alpha value is -2.13. The van der Waals surface area contributed by atoms with Crippen molar-refractivity contribution in [3.63, 3.8) is 0 Å². The van der Waals surface area contributed by atoms with Crippen molar-refractivity contribution in [3.05, 3.63) is 71.8 Å². The Labute approximate surface area is 132 Å². The number of nitrogens with two attached hydrogens (primary N) is 1. The molecule has 2 aromatic carbocycles. The lowest BCUT2D eigenvalue weighted by atomic mass is 9.74. The molecule has 2 atom stereocenters. The maximum absolute atomic E-state index is 12.6. The van der Waals surface area contributed by atoms with Crippen LogP contribution in [0, 0.1) is 5.41 Å². The van der Waals surface area contributed by atoms with Crippen molar-refractivity contribution >= 4 is 5.97 Å². The van der Waals surface area contributed by atoms with Gasteiger partial charge >= 0.3 is 5.97 Å². The van der Waals surface area contributed by atoms with Crippen LogP contribution >= 0.6 is 0 Å². The highest BCUT2D eigenvalue weighted by molar-refractivity contribution is 5.78. The van der Waals surface area contributed by atoms with Crippen LogP contribution in [0.3, 0.4) is 0 Å². The summed E-state index contributed by atoms with van der Waals surface area (Å²) in [5, 5.41) is 0. The Kier molecular flexibility index (Phi) is 5.34. The normalized spacial score (nSPS) is 14.9. The van der Waals surface area contributed by atoms with Gasteiger partial charge in [0.05, 0.1) is 12.0 Å². The Bertz CT molecular complexity index is 597. The van der Waals surface area contributed by atoms with Crippen molar-refractivity contribution in [1.82, 2.24) is 0 Å². The fraction of sp³-hybridized carbons (Fsp3) is 0.316. The molecule has 0 aromatic heterocycles. The minimum atomic E-state index is -0.807. The molecule has 0 aliphatic rings. The van der Waals surface area contributed by atoms with Crippen molar-refractivity contribution in [3.8, 4) is 0 Å². The molecule has 0 bridgehead atoms. The van der Waals surface area contributed by atoms with E-state index in [1.54, 1.807) is 0 Å². The van der Waals surface area contributed by atoms with Gasteiger partial charge in [-0.25, -0.2) is 0 Å². The third-order valence-corrected chi connectivity index (χ3v) is 4.00. The largest absolute Gasteiger partial charge is 0.466 e. The molecule has 0 aliphatic heterocycles. The van der Waals surface area contributed by atoms with Crippen LogP contribution in [-0.2, 0) is 16.0 Å². The van der Waals surface area contributed by atoms with Crippen molar-refractivity contribution in [2.45, 2.75) is 26.3 Å². The number of hydrogen-bond acceptors (Lipinski definition) is 3. The average molecular weight is 297 g/mol. The second kappa shape index (κ2) is 7.23. The van der Waals surface area contributed by atoms with Gasteiger partial charge in [0.25, 0.3) is 0 Å². The van der Waals surface area contributed by atoms with Crippen LogP contribution in [-0.4, -0.2) is 12.6 Å². The molecule has 2 aromatic rings. The van der Waals surface area contributed by atoms with Gasteiger partial charge in [0.2, 0.25) is 0 Å². The van der Waals surface area contributed by atoms with Gasteiger partial charge in [-0.1, -0.05) is 60.7 Å². The molecule has 0 aliphatic carbocycles. The Morgan fingerprint density at radius 2 is 1.64 bits per heavy atom. The molecule has 3 nitrogen and oxygen atoms in total. The molecule has 0 saturated carbocycles. The number of carbonyl (C=O) groups is 1. The van der Waals surface area contributed by atoms with Crippen LogP contribution in [0.1, 0.15) is 31.0 Å². The third-order valence-electron chi connectivity index (χ3n) is 4.00. The van der Waals surface area contributed by atoms with Crippen LogP contribution in [0.4, 0.5) is 0 Å². The Morgan fingerprint density at radius 1 is 1.09 bits per heavy atom. The first kappa shape index (κ1) is 16.2. The minimum absolute atomic E-state index is 0.254. The molecule has 0 unspecified atom stereocenters. The summed E-state index contributed by atoms with van der Waals surface area (Å²) >= 11 is 0. The summed E-state index contributed by atoms with van der Waals surface area (Å²) in [5.74, 6) is -0.254. The quantitative estimate of drug-likeness (QED) is 0.830. The van der Waals surface area contributed by atoms with Crippen LogP contribution in [0.15, 0.2) is 60.7 Å². The molecular weight excluding hydrogens is 274 g/mol. The molecule has 0 amide bonds. The first-order chi connectivity index (χ1) is 10.6. The van der Waals surface area contributed by atoms with E-state index in [1.807, 2.05) is 74.5 Å². The highest BCUT2D eigenvalue weighted by atomic mass is 16.5. The average Bonchev–Trinajstić information content (AvgIpc) is 2.56. The Balaban J connectivity index is 2.35. The molecule has 2 N–H and O–H groups in total. The monoisotopic (exact) mass is 297 g/mol. The first-order valence-electron chi connectivity index (χ1n) is 7.59. The number of rotatable bonds is 6. The second-order valence-electron chi connectivity index (χ2n) is 5.69. The standard InChI is InChI=1S/C19H23NO2/c1-3-22-18(21)19(2,14-15-10-6-4-7-11-15)17(20)16-12-8-5-9-13-16/h4-13,17H,3,14,20H2,1-2H3/t17-,19-/m0/s1. The van der Waals surface area contributed by atoms with E-state index in [0.717, 1.165) is 11.1 Å². The first-order valence-corrected chi connectivity index (χ1v) is 7.59. The zero-order chi connectivity index (χ0) is 16.0. The van der Waals surface area contributed by atoms with Gasteiger partial charge in [0.1, 0.15) is 0 Å². The summed E-state index contributed by atoms with van der Waals surface area (Å²) in [6.45, 7) is 4.05. The molecule has 0 spiro atoms. The van der Waals surface area contributed by atoms with Gasteiger partial charge in [-0.15, -0.1) is 0 Å². The van der Waals surface area contributed by atoms with Gasteiger partial charge in [-0.3, -0.25) is 4.79 Å². The number of carbonyl (C=O) groups excluding carboxylic acids is 1. The van der Waals surface area contributed by atoms with E-state index in [2.05, 4.69) is 0 Å². The van der Waals surface area contributed by atoms with Crippen LogP contribution in [0.5, 0.6) is 0 Å². The van der Waals surface area contributed by atoms with Crippen LogP contribution < -0.4 is 5.73 Å². The van der Waals surface area contributed by atoms with Crippen molar-refractivity contribution < 1.29 is 9.53 Å². The summed E-state index contributed by atoms with van der Waals surface area (Å²) < 4.78 is 5.30. The van der Waals surface area contributed by atoms with Crippen LogP contribution in [0.25, 0.3) is 0 Å². The Morgan fingerprint density at radius 3 is 2.18 bits per heavy atom. The maximum atomic E-state index is 12.6. The molecule has 0 radical (unpaired) electrons. The highest BCUT2D eigenvalue weighted by Crippen LogP contribution is 2.36. The molecular formula is C19H23NO2. The van der Waals surface area contributed by atoms with Crippen molar-refractivity contribution in [2.75, 3.05) is 6.61 Å². The van der Waals surface area contributed by atoms with E-state index in [4.69, 9.17) is 10.5 Å². The minimum Gasteiger partial charge on any atom is -0.466 e. The summed E-state index contributed by atoms with van der Waals surface area (Å²) in [6, 6.07) is 19.2. The predicted molar refractivity (Wildman–Crippen MR) is 88.3 cm³/mol. The van der Waals surface area contributed by atoms with E-state index >= 15 is 0 Å². The van der Waals surface area contributed by atoms with Crippen molar-refractivity contribution in [2.24, 2.45) is 11.1 Å². The number of esters is 1. The molecule has 2 rings (SSSR count). The van der Waals surface area contributed by atoms with E-state index in [0.29, 0.717) is 13.0 Å². The summed E-state index contributed by atoms with van der Waals surface area (Å²) in [4.78, 5) is 12.6. The van der Waals surface area contributed by atoms with E-state index in [9.17, 15) is 4.79 Å². The third kappa shape index (κ3) is 3.55. The van der Waals surface area contributed by atoms with Crippen molar-refractivity contribution in [1.29, 1.82) is 0 Å². The lowest BCUT2D eigenvalue weighted by Crippen LogP contribution is -2.42. The zero-order valence-electron chi connectivity index (χ0n) is 13.2. The van der Waals surface area contributed by atoms with Gasteiger partial charge < -0.3 is 10.5 Å². The van der Waals surface area contributed by atoms with Gasteiger partial charge in [-0.2, -0.15) is 0 Å². The molecule has 3 heteroatoms. The lowest BCUT2D eigenvalue weighted by Gasteiger charge is -2.33. The topological polar surface area (TPSA) is 52.3 Å². The molecule has 0 saturated heterocycles. The zero-order valence-corrected chi connectivity index (χ0v) is 13.2. The van der Waals surface area contributed by atoms with Gasteiger partial charge in [-0.05, 0) is 31.4 Å². The summed E-state index contributed by atoms with van der Waals surface area (Å²) in [5.41, 5.74) is 7.66. The van der Waals surface area contributed by atoms with E-state index in [1.165, 1.54) is 0 Å². The molecule has 22 heavy (non-hydrogen) atoms. The predicted octanol–water partition coefficient (Wildman–Crippen LogP) is 3.50. The van der Waals surface area contributed by atoms with Gasteiger partial charge in [0.15, 0.2) is 0 Å². The second-order valence-corrected chi connectivity index (χ2v) is 5.69. The fourth-order valence-electron chi connectivity index (χ4n) is 2.65. The molecule has 116 valence electrons. The smallest absolute Gasteiger partial charge is 0.314 e. The molecule has 0 heterocycles. The van der Waals surface area contributed by atoms with Gasteiger partial charge in [0, 0.05) is 6.04 Å². The number of ether oxygens (including phenoxy) is 1. The lowest BCUT2D eigenvalue weighted by molar-refractivity contribution is -0.155. The van der Waals surface area contributed by atoms with Crippen LogP contribution in [0.2, 0.25) is 0 Å². The summed E-state index contributed by atoms with van der Waals surface area (Å²) in [6.07, 6.45) is 0.544.